The smallest absolute Gasteiger partial charge is 0.354 e. The van der Waals surface area contributed by atoms with Crippen molar-refractivity contribution in [2.45, 2.75) is 13.0 Å². The molecule has 0 spiro atoms. The van der Waals surface area contributed by atoms with E-state index in [0.29, 0.717) is 5.02 Å². The Morgan fingerprint density at radius 3 is 2.89 bits per heavy atom. The van der Waals surface area contributed by atoms with Crippen LogP contribution in [0.1, 0.15) is 29.0 Å². The van der Waals surface area contributed by atoms with E-state index >= 15 is 0 Å². The first-order valence-corrected chi connectivity index (χ1v) is 6.02. The van der Waals surface area contributed by atoms with Crippen molar-refractivity contribution >= 4 is 23.5 Å². The molecule has 5 nitrogen and oxygen atoms in total. The number of benzene rings is 1. The van der Waals surface area contributed by atoms with E-state index in [2.05, 4.69) is 15.3 Å². The van der Waals surface area contributed by atoms with E-state index in [1.165, 1.54) is 12.3 Å². The zero-order valence-corrected chi connectivity index (χ0v) is 10.9. The fraction of sp³-hybridized carbons (Fsp3) is 0.154. The quantitative estimate of drug-likeness (QED) is 0.898. The summed E-state index contributed by atoms with van der Waals surface area (Å²) in [6.07, 6.45) is 1.41. The van der Waals surface area contributed by atoms with Crippen LogP contribution in [0.15, 0.2) is 36.5 Å². The maximum Gasteiger partial charge on any atom is 0.354 e. The predicted molar refractivity (Wildman–Crippen MR) is 72.5 cm³/mol. The number of nitrogens with zero attached hydrogens (tertiary/aromatic N) is 2. The number of hydrogen-bond donors (Lipinski definition) is 2. The van der Waals surface area contributed by atoms with Gasteiger partial charge in [-0.25, -0.2) is 14.8 Å². The molecule has 0 aliphatic carbocycles. The number of nitrogens with one attached hydrogen (secondary N) is 1. The summed E-state index contributed by atoms with van der Waals surface area (Å²) < 4.78 is 0. The van der Waals surface area contributed by atoms with Gasteiger partial charge in [0.05, 0.1) is 6.04 Å². The molecule has 0 fully saturated rings. The van der Waals surface area contributed by atoms with Gasteiger partial charge in [-0.2, -0.15) is 0 Å². The van der Waals surface area contributed by atoms with Crippen LogP contribution in [0.2, 0.25) is 5.02 Å². The lowest BCUT2D eigenvalue weighted by Gasteiger charge is -2.14. The number of rotatable bonds is 4. The molecule has 1 heterocycles. The molecule has 2 aromatic rings. The van der Waals surface area contributed by atoms with Gasteiger partial charge in [0.1, 0.15) is 0 Å². The Bertz CT molecular complexity index is 604. The van der Waals surface area contributed by atoms with Gasteiger partial charge in [0.15, 0.2) is 5.69 Å². The molecule has 0 aliphatic heterocycles. The van der Waals surface area contributed by atoms with Crippen molar-refractivity contribution in [1.82, 2.24) is 9.97 Å². The Balaban J connectivity index is 2.17. The number of anilines is 1. The van der Waals surface area contributed by atoms with Crippen molar-refractivity contribution in [3.05, 3.63) is 52.8 Å². The minimum atomic E-state index is -1.08. The lowest BCUT2D eigenvalue weighted by Crippen LogP contribution is -2.11. The fourth-order valence-electron chi connectivity index (χ4n) is 1.60. The van der Waals surface area contributed by atoms with E-state index in [-0.39, 0.29) is 17.7 Å². The third kappa shape index (κ3) is 3.42. The summed E-state index contributed by atoms with van der Waals surface area (Å²) in [4.78, 5) is 18.7. The normalized spacial score (nSPS) is 11.9. The maximum absolute atomic E-state index is 10.8. The van der Waals surface area contributed by atoms with Crippen molar-refractivity contribution in [3.8, 4) is 0 Å². The topological polar surface area (TPSA) is 75.1 Å². The Labute approximate surface area is 115 Å². The molecule has 19 heavy (non-hydrogen) atoms. The molecule has 98 valence electrons. The highest BCUT2D eigenvalue weighted by Crippen LogP contribution is 2.20. The first-order valence-electron chi connectivity index (χ1n) is 5.64. The zero-order valence-electron chi connectivity index (χ0n) is 10.2. The van der Waals surface area contributed by atoms with Crippen LogP contribution in [0.3, 0.4) is 0 Å². The maximum atomic E-state index is 10.8. The lowest BCUT2D eigenvalue weighted by atomic mass is 10.1. The average Bonchev–Trinajstić information content (AvgIpc) is 2.39. The second-order valence-electron chi connectivity index (χ2n) is 3.99. The van der Waals surface area contributed by atoms with Crippen molar-refractivity contribution in [2.75, 3.05) is 5.32 Å². The summed E-state index contributed by atoms with van der Waals surface area (Å²) in [5, 5.41) is 12.5. The van der Waals surface area contributed by atoms with Crippen LogP contribution in [-0.2, 0) is 0 Å². The summed E-state index contributed by atoms with van der Waals surface area (Å²) >= 11 is 5.92. The van der Waals surface area contributed by atoms with Crippen LogP contribution in [0.4, 0.5) is 5.95 Å². The lowest BCUT2D eigenvalue weighted by molar-refractivity contribution is 0.0690. The molecule has 1 aromatic heterocycles. The van der Waals surface area contributed by atoms with Gasteiger partial charge in [-0.15, -0.1) is 0 Å². The molecule has 6 heteroatoms. The number of aromatic nitrogens is 2. The third-order valence-electron chi connectivity index (χ3n) is 2.57. The number of aromatic carboxylic acids is 1. The minimum absolute atomic E-state index is 0.0456. The molecule has 1 unspecified atom stereocenters. The Hall–Kier alpha value is -2.14. The van der Waals surface area contributed by atoms with Crippen LogP contribution in [0, 0.1) is 0 Å². The number of carboxylic acid groups (broad SMARTS) is 1. The molecular formula is C13H12ClN3O2. The molecule has 0 saturated carbocycles. The average molecular weight is 278 g/mol. The number of hydrogen-bond acceptors (Lipinski definition) is 4. The van der Waals surface area contributed by atoms with E-state index in [4.69, 9.17) is 16.7 Å². The Kier molecular flexibility index (Phi) is 3.97. The Morgan fingerprint density at radius 1 is 1.42 bits per heavy atom. The summed E-state index contributed by atoms with van der Waals surface area (Å²) in [6, 6.07) is 8.66. The summed E-state index contributed by atoms with van der Waals surface area (Å²) in [6.45, 7) is 1.92. The van der Waals surface area contributed by atoms with Crippen molar-refractivity contribution in [3.63, 3.8) is 0 Å². The molecule has 2 N–H and O–H groups in total. The van der Waals surface area contributed by atoms with Crippen molar-refractivity contribution < 1.29 is 9.90 Å². The van der Waals surface area contributed by atoms with Gasteiger partial charge in [0, 0.05) is 11.2 Å². The first-order chi connectivity index (χ1) is 9.06. The SMILES string of the molecule is CC(Nc1nccc(C(=O)O)n1)c1cccc(Cl)c1. The molecule has 0 aliphatic rings. The van der Waals surface area contributed by atoms with Gasteiger partial charge in [0.25, 0.3) is 0 Å². The van der Waals surface area contributed by atoms with E-state index in [0.717, 1.165) is 5.56 Å². The van der Waals surface area contributed by atoms with Crippen LogP contribution in [0.25, 0.3) is 0 Å². The van der Waals surface area contributed by atoms with E-state index in [1.54, 1.807) is 6.07 Å². The second-order valence-corrected chi connectivity index (χ2v) is 4.43. The first kappa shape index (κ1) is 13.3. The highest BCUT2D eigenvalue weighted by molar-refractivity contribution is 6.30. The van der Waals surface area contributed by atoms with Crippen molar-refractivity contribution in [2.24, 2.45) is 0 Å². The molecule has 0 amide bonds. The number of carboxylic acids is 1. The molecule has 1 atom stereocenters. The zero-order chi connectivity index (χ0) is 13.8. The predicted octanol–water partition coefficient (Wildman–Crippen LogP) is 3.00. The summed E-state index contributed by atoms with van der Waals surface area (Å²) in [5.41, 5.74) is 0.924. The van der Waals surface area contributed by atoms with Gasteiger partial charge < -0.3 is 10.4 Å². The third-order valence-corrected chi connectivity index (χ3v) is 2.80. The van der Waals surface area contributed by atoms with Crippen LogP contribution < -0.4 is 5.32 Å². The number of halogens is 1. The minimum Gasteiger partial charge on any atom is -0.477 e. The Morgan fingerprint density at radius 2 is 2.21 bits per heavy atom. The van der Waals surface area contributed by atoms with Gasteiger partial charge in [0.2, 0.25) is 5.95 Å². The molecule has 2 rings (SSSR count). The van der Waals surface area contributed by atoms with Crippen LogP contribution >= 0.6 is 11.6 Å². The van der Waals surface area contributed by atoms with Crippen LogP contribution in [0.5, 0.6) is 0 Å². The highest BCUT2D eigenvalue weighted by Gasteiger charge is 2.10. The van der Waals surface area contributed by atoms with E-state index in [9.17, 15) is 4.79 Å². The number of carbonyl (C=O) groups is 1. The van der Waals surface area contributed by atoms with E-state index in [1.807, 2.05) is 25.1 Å². The van der Waals surface area contributed by atoms with E-state index < -0.39 is 5.97 Å². The van der Waals surface area contributed by atoms with Crippen molar-refractivity contribution in [1.29, 1.82) is 0 Å². The van der Waals surface area contributed by atoms with Gasteiger partial charge in [-0.3, -0.25) is 0 Å². The van der Waals surface area contributed by atoms with Gasteiger partial charge >= 0.3 is 5.97 Å². The van der Waals surface area contributed by atoms with Gasteiger partial charge in [-0.05, 0) is 30.7 Å². The fourth-order valence-corrected chi connectivity index (χ4v) is 1.80. The standard InChI is InChI=1S/C13H12ClN3O2/c1-8(9-3-2-4-10(14)7-9)16-13-15-6-5-11(17-13)12(18)19/h2-8H,1H3,(H,18,19)(H,15,16,17). The van der Waals surface area contributed by atoms with Crippen LogP contribution in [-0.4, -0.2) is 21.0 Å². The molecule has 0 bridgehead atoms. The summed E-state index contributed by atoms with van der Waals surface area (Å²) in [5.74, 6) is -0.812. The molecule has 0 radical (unpaired) electrons. The van der Waals surface area contributed by atoms with Gasteiger partial charge in [-0.1, -0.05) is 23.7 Å². The summed E-state index contributed by atoms with van der Waals surface area (Å²) in [7, 11) is 0. The molecule has 0 saturated heterocycles. The highest BCUT2D eigenvalue weighted by atomic mass is 35.5. The largest absolute Gasteiger partial charge is 0.477 e. The second kappa shape index (κ2) is 5.67. The molecular weight excluding hydrogens is 266 g/mol. The molecule has 1 aromatic carbocycles. The monoisotopic (exact) mass is 277 g/mol.